The Hall–Kier alpha value is -0.320. The number of hydrogen-bond donors (Lipinski definition) is 1. The van der Waals surface area contributed by atoms with Crippen LogP contribution in [-0.4, -0.2) is 29.8 Å². The van der Waals surface area contributed by atoms with Crippen LogP contribution in [0.1, 0.15) is 6.92 Å². The highest BCUT2D eigenvalue weighted by atomic mass is 79.9. The summed E-state index contributed by atoms with van der Waals surface area (Å²) in [6, 6.07) is 1.81. The van der Waals surface area contributed by atoms with Crippen molar-refractivity contribution in [3.8, 4) is 0 Å². The van der Waals surface area contributed by atoms with Gasteiger partial charge in [-0.1, -0.05) is 11.6 Å². The van der Waals surface area contributed by atoms with Gasteiger partial charge in [0.15, 0.2) is 0 Å². The van der Waals surface area contributed by atoms with Crippen molar-refractivity contribution in [3.63, 3.8) is 0 Å². The lowest BCUT2D eigenvalue weighted by Gasteiger charge is -2.25. The van der Waals surface area contributed by atoms with E-state index in [2.05, 4.69) is 20.9 Å². The van der Waals surface area contributed by atoms with E-state index in [1.807, 2.05) is 18.9 Å². The zero-order chi connectivity index (χ0) is 10.7. The van der Waals surface area contributed by atoms with Crippen molar-refractivity contribution >= 4 is 33.3 Å². The second kappa shape index (κ2) is 4.96. The van der Waals surface area contributed by atoms with Crippen molar-refractivity contribution in [2.45, 2.75) is 13.0 Å². The standard InChI is InChI=1S/C9H12BrClN2O/c1-6(5-14)13(2)9-8(10)3-7(11)4-12-9/h3-4,6,14H,5H2,1-2H3. The Bertz CT molecular complexity index is 322. The maximum Gasteiger partial charge on any atom is 0.143 e. The monoisotopic (exact) mass is 278 g/mol. The third-order valence-electron chi connectivity index (χ3n) is 2.05. The molecule has 0 aliphatic heterocycles. The van der Waals surface area contributed by atoms with E-state index in [4.69, 9.17) is 16.7 Å². The molecule has 0 radical (unpaired) electrons. The molecule has 0 fully saturated rings. The van der Waals surface area contributed by atoms with Crippen molar-refractivity contribution < 1.29 is 5.11 Å². The summed E-state index contributed by atoms with van der Waals surface area (Å²) in [6.07, 6.45) is 1.59. The van der Waals surface area contributed by atoms with E-state index < -0.39 is 0 Å². The summed E-state index contributed by atoms with van der Waals surface area (Å²) in [5.74, 6) is 0.774. The third kappa shape index (κ3) is 2.59. The van der Waals surface area contributed by atoms with Gasteiger partial charge >= 0.3 is 0 Å². The van der Waals surface area contributed by atoms with Crippen LogP contribution >= 0.6 is 27.5 Å². The number of halogens is 2. The maximum atomic E-state index is 9.00. The molecule has 14 heavy (non-hydrogen) atoms. The molecule has 1 rings (SSSR count). The molecular weight excluding hydrogens is 267 g/mol. The Labute approximate surface area is 96.8 Å². The van der Waals surface area contributed by atoms with E-state index >= 15 is 0 Å². The molecule has 0 aliphatic rings. The number of pyridine rings is 1. The molecule has 78 valence electrons. The molecule has 1 atom stereocenters. The summed E-state index contributed by atoms with van der Waals surface area (Å²) in [6.45, 7) is 2.01. The van der Waals surface area contributed by atoms with Gasteiger partial charge < -0.3 is 10.0 Å². The fourth-order valence-electron chi connectivity index (χ4n) is 0.998. The van der Waals surface area contributed by atoms with Crippen LogP contribution in [0, 0.1) is 0 Å². The van der Waals surface area contributed by atoms with Gasteiger partial charge in [-0.15, -0.1) is 0 Å². The normalized spacial score (nSPS) is 12.6. The van der Waals surface area contributed by atoms with Crippen LogP contribution in [0.15, 0.2) is 16.7 Å². The van der Waals surface area contributed by atoms with E-state index in [9.17, 15) is 0 Å². The second-order valence-electron chi connectivity index (χ2n) is 3.10. The Balaban J connectivity index is 2.95. The highest BCUT2D eigenvalue weighted by molar-refractivity contribution is 9.10. The lowest BCUT2D eigenvalue weighted by Crippen LogP contribution is -2.32. The Morgan fingerprint density at radius 2 is 2.36 bits per heavy atom. The lowest BCUT2D eigenvalue weighted by molar-refractivity contribution is 0.269. The van der Waals surface area contributed by atoms with Crippen LogP contribution in [0.3, 0.4) is 0 Å². The molecule has 1 heterocycles. The first-order chi connectivity index (χ1) is 6.56. The molecule has 1 aromatic heterocycles. The summed E-state index contributed by atoms with van der Waals surface area (Å²) in [7, 11) is 1.88. The van der Waals surface area contributed by atoms with E-state index in [0.29, 0.717) is 5.02 Å². The van der Waals surface area contributed by atoms with Gasteiger partial charge in [-0.05, 0) is 28.9 Å². The first-order valence-electron chi connectivity index (χ1n) is 4.21. The SMILES string of the molecule is CC(CO)N(C)c1ncc(Cl)cc1Br. The van der Waals surface area contributed by atoms with Crippen LogP contribution < -0.4 is 4.90 Å². The van der Waals surface area contributed by atoms with Gasteiger partial charge in [0.1, 0.15) is 5.82 Å². The first-order valence-corrected chi connectivity index (χ1v) is 5.38. The molecule has 0 saturated carbocycles. The minimum Gasteiger partial charge on any atom is -0.394 e. The number of likely N-dealkylation sites (N-methyl/N-ethyl adjacent to an activating group) is 1. The number of aliphatic hydroxyl groups excluding tert-OH is 1. The van der Waals surface area contributed by atoms with E-state index in [0.717, 1.165) is 10.3 Å². The minimum atomic E-state index is 0.0278. The van der Waals surface area contributed by atoms with Gasteiger partial charge in [0.05, 0.1) is 22.1 Å². The fraction of sp³-hybridized carbons (Fsp3) is 0.444. The van der Waals surface area contributed by atoms with Gasteiger partial charge in [0.2, 0.25) is 0 Å². The summed E-state index contributed by atoms with van der Waals surface area (Å²) >= 11 is 9.15. The molecule has 1 N–H and O–H groups in total. The average Bonchev–Trinajstić information content (AvgIpc) is 2.15. The number of hydrogen-bond acceptors (Lipinski definition) is 3. The van der Waals surface area contributed by atoms with Crippen molar-refractivity contribution in [1.82, 2.24) is 4.98 Å². The van der Waals surface area contributed by atoms with Gasteiger partial charge in [-0.2, -0.15) is 0 Å². The molecule has 0 aliphatic carbocycles. The molecule has 0 bridgehead atoms. The number of aliphatic hydroxyl groups is 1. The molecule has 1 unspecified atom stereocenters. The van der Waals surface area contributed by atoms with Gasteiger partial charge in [0, 0.05) is 13.2 Å². The van der Waals surface area contributed by atoms with Crippen molar-refractivity contribution in [2.75, 3.05) is 18.6 Å². The number of anilines is 1. The maximum absolute atomic E-state index is 9.00. The summed E-state index contributed by atoms with van der Waals surface area (Å²) in [5, 5.41) is 9.59. The van der Waals surface area contributed by atoms with Crippen LogP contribution in [0.4, 0.5) is 5.82 Å². The molecule has 0 saturated heterocycles. The van der Waals surface area contributed by atoms with Crippen molar-refractivity contribution in [3.05, 3.63) is 21.8 Å². The Morgan fingerprint density at radius 1 is 1.71 bits per heavy atom. The molecule has 3 nitrogen and oxygen atoms in total. The van der Waals surface area contributed by atoms with E-state index in [1.165, 1.54) is 0 Å². The molecule has 5 heteroatoms. The molecule has 0 amide bonds. The van der Waals surface area contributed by atoms with Gasteiger partial charge in [0.25, 0.3) is 0 Å². The average molecular weight is 280 g/mol. The van der Waals surface area contributed by atoms with Crippen LogP contribution in [0.2, 0.25) is 5.02 Å². The van der Waals surface area contributed by atoms with E-state index in [-0.39, 0.29) is 12.6 Å². The third-order valence-corrected chi connectivity index (χ3v) is 2.84. The highest BCUT2D eigenvalue weighted by Gasteiger charge is 2.13. The predicted molar refractivity (Wildman–Crippen MR) is 61.9 cm³/mol. The second-order valence-corrected chi connectivity index (χ2v) is 4.39. The summed E-state index contributed by atoms with van der Waals surface area (Å²) in [5.41, 5.74) is 0. The highest BCUT2D eigenvalue weighted by Crippen LogP contribution is 2.26. The largest absolute Gasteiger partial charge is 0.394 e. The zero-order valence-electron chi connectivity index (χ0n) is 8.04. The summed E-state index contributed by atoms with van der Waals surface area (Å²) < 4.78 is 0.827. The predicted octanol–water partition coefficient (Wildman–Crippen LogP) is 2.31. The summed E-state index contributed by atoms with van der Waals surface area (Å²) in [4.78, 5) is 6.07. The van der Waals surface area contributed by atoms with Crippen LogP contribution in [0.5, 0.6) is 0 Å². The van der Waals surface area contributed by atoms with Gasteiger partial charge in [-0.25, -0.2) is 4.98 Å². The number of aromatic nitrogens is 1. The molecule has 0 aromatic carbocycles. The molecule has 0 spiro atoms. The quantitative estimate of drug-likeness (QED) is 0.922. The lowest BCUT2D eigenvalue weighted by atomic mass is 10.3. The Kier molecular flexibility index (Phi) is 4.16. The topological polar surface area (TPSA) is 36.4 Å². The van der Waals surface area contributed by atoms with Crippen LogP contribution in [-0.2, 0) is 0 Å². The zero-order valence-corrected chi connectivity index (χ0v) is 10.4. The Morgan fingerprint density at radius 3 is 2.86 bits per heavy atom. The number of nitrogens with zero attached hydrogens (tertiary/aromatic N) is 2. The fourth-order valence-corrected chi connectivity index (χ4v) is 1.92. The smallest absolute Gasteiger partial charge is 0.143 e. The van der Waals surface area contributed by atoms with Crippen molar-refractivity contribution in [2.24, 2.45) is 0 Å². The van der Waals surface area contributed by atoms with E-state index in [1.54, 1.807) is 12.3 Å². The number of rotatable bonds is 3. The molecule has 1 aromatic rings. The van der Waals surface area contributed by atoms with Crippen molar-refractivity contribution in [1.29, 1.82) is 0 Å². The van der Waals surface area contributed by atoms with Crippen LogP contribution in [0.25, 0.3) is 0 Å². The minimum absolute atomic E-state index is 0.0278. The molecular formula is C9H12BrClN2O. The van der Waals surface area contributed by atoms with Gasteiger partial charge in [-0.3, -0.25) is 0 Å². The first kappa shape index (κ1) is 11.8.